The van der Waals surface area contributed by atoms with E-state index in [0.29, 0.717) is 5.69 Å². The third kappa shape index (κ3) is 16.7. The molecular weight excluding hydrogens is 957 g/mol. The Morgan fingerprint density at radius 1 is 0.781 bits per heavy atom. The van der Waals surface area contributed by atoms with Crippen molar-refractivity contribution in [3.05, 3.63) is 95.8 Å². The number of carboxylic acids is 2. The first-order valence-electron chi connectivity index (χ1n) is 23.6. The highest BCUT2D eigenvalue weighted by Gasteiger charge is 2.39. The van der Waals surface area contributed by atoms with Gasteiger partial charge in [-0.25, -0.2) is 13.6 Å². The number of nitrogens with one attached hydrogen (secondary N) is 4. The molecule has 2 heterocycles. The van der Waals surface area contributed by atoms with Crippen LogP contribution in [-0.2, 0) is 54.5 Å². The SMILES string of the molecule is CC(C)[C@H](CC(=O)CN1C(=O)C=CC1=O)C(=O)N[C@@H](C)C(=O)N[C@@H](CCN(C(=O)CO)[C@@H](c1cc(-c2cc(F)ccc2F)cn1Cc1ccccc1)C(C)(C)C)C(=O)NCCC(=O)N[C@H](CCC(=O)O)C(=O)O. The number of aliphatic hydroxyl groups excluding tert-OH is 1. The van der Waals surface area contributed by atoms with Crippen LogP contribution in [0.3, 0.4) is 0 Å². The number of carbonyl (C=O) groups is 10. The van der Waals surface area contributed by atoms with Gasteiger partial charge in [0.1, 0.15) is 36.4 Å². The molecule has 2 aromatic carbocycles. The minimum absolute atomic E-state index is 0.0623. The van der Waals surface area contributed by atoms with Crippen molar-refractivity contribution < 1.29 is 72.0 Å². The maximum absolute atomic E-state index is 15.3. The number of carboxylic acid groups (broad SMARTS) is 2. The molecule has 0 bridgehead atoms. The van der Waals surface area contributed by atoms with Crippen LogP contribution in [0.15, 0.2) is 72.9 Å². The average Bonchev–Trinajstić information content (AvgIpc) is 3.87. The number of Topliss-reactive ketones (excluding diaryl/α,β-unsaturated/α-hetero) is 1. The topological polar surface area (TPSA) is 291 Å². The molecule has 0 saturated carbocycles. The summed E-state index contributed by atoms with van der Waals surface area (Å²) in [5, 5.41) is 38.7. The van der Waals surface area contributed by atoms with Gasteiger partial charge in [-0.05, 0) is 60.9 Å². The van der Waals surface area contributed by atoms with Crippen LogP contribution in [-0.4, -0.2) is 133 Å². The lowest BCUT2D eigenvalue weighted by atomic mass is 9.82. The molecule has 0 spiro atoms. The summed E-state index contributed by atoms with van der Waals surface area (Å²) in [6.45, 7) is 7.87. The molecule has 73 heavy (non-hydrogen) atoms. The van der Waals surface area contributed by atoms with E-state index in [2.05, 4.69) is 21.3 Å². The normalized spacial score (nSPS) is 14.5. The highest BCUT2D eigenvalue weighted by atomic mass is 19.1. The molecule has 7 amide bonds. The number of aliphatic hydroxyl groups is 1. The number of carbonyl (C=O) groups excluding carboxylic acids is 8. The lowest BCUT2D eigenvalue weighted by Crippen LogP contribution is -2.55. The number of nitrogens with zero attached hydrogens (tertiary/aromatic N) is 3. The number of hydrogen-bond donors (Lipinski definition) is 7. The lowest BCUT2D eigenvalue weighted by Gasteiger charge is -2.41. The maximum Gasteiger partial charge on any atom is 0.326 e. The van der Waals surface area contributed by atoms with Crippen molar-refractivity contribution >= 4 is 59.1 Å². The predicted molar refractivity (Wildman–Crippen MR) is 258 cm³/mol. The summed E-state index contributed by atoms with van der Waals surface area (Å²) in [5.41, 5.74) is 0.567. The molecule has 3 aromatic rings. The Kier molecular flexibility index (Phi) is 20.8. The zero-order chi connectivity index (χ0) is 54.3. The van der Waals surface area contributed by atoms with Crippen LogP contribution in [0.25, 0.3) is 11.1 Å². The fraction of sp³-hybridized carbons (Fsp3) is 0.451. The molecule has 22 heteroatoms. The number of hydrogen-bond acceptors (Lipinski definition) is 11. The van der Waals surface area contributed by atoms with Crippen molar-refractivity contribution in [3.63, 3.8) is 0 Å². The van der Waals surface area contributed by atoms with E-state index in [-0.39, 0.29) is 30.6 Å². The first kappa shape index (κ1) is 58.0. The predicted octanol–water partition coefficient (Wildman–Crippen LogP) is 2.87. The Hall–Kier alpha value is -7.62. The van der Waals surface area contributed by atoms with Crippen molar-refractivity contribution in [1.29, 1.82) is 0 Å². The van der Waals surface area contributed by atoms with E-state index in [9.17, 15) is 62.5 Å². The number of aromatic nitrogens is 1. The molecule has 5 atom stereocenters. The van der Waals surface area contributed by atoms with Crippen LogP contribution in [0.1, 0.15) is 90.9 Å². The number of halogens is 2. The summed E-state index contributed by atoms with van der Waals surface area (Å²) in [5.74, 6) is -11.8. The fourth-order valence-electron chi connectivity index (χ4n) is 8.24. The number of amides is 7. The minimum atomic E-state index is -1.55. The summed E-state index contributed by atoms with van der Waals surface area (Å²) in [4.78, 5) is 130. The second-order valence-corrected chi connectivity index (χ2v) is 19.1. The van der Waals surface area contributed by atoms with Crippen molar-refractivity contribution in [2.24, 2.45) is 17.3 Å². The van der Waals surface area contributed by atoms with Crippen LogP contribution in [0.5, 0.6) is 0 Å². The molecule has 0 fully saturated rings. The van der Waals surface area contributed by atoms with Gasteiger partial charge in [-0.1, -0.05) is 65.0 Å². The molecule has 394 valence electrons. The molecule has 0 unspecified atom stereocenters. The van der Waals surface area contributed by atoms with Gasteiger partial charge in [-0.3, -0.25) is 48.1 Å². The van der Waals surface area contributed by atoms with Gasteiger partial charge in [0.2, 0.25) is 29.5 Å². The van der Waals surface area contributed by atoms with Gasteiger partial charge in [-0.15, -0.1) is 0 Å². The Bertz CT molecular complexity index is 2560. The molecule has 1 aromatic heterocycles. The summed E-state index contributed by atoms with van der Waals surface area (Å²) in [7, 11) is 0. The molecule has 0 aliphatic carbocycles. The zero-order valence-corrected chi connectivity index (χ0v) is 41.5. The van der Waals surface area contributed by atoms with E-state index >= 15 is 4.39 Å². The average molecular weight is 1020 g/mol. The van der Waals surface area contributed by atoms with E-state index in [1.54, 1.807) is 51.4 Å². The lowest BCUT2D eigenvalue weighted by molar-refractivity contribution is -0.143. The first-order chi connectivity index (χ1) is 34.3. The number of ketones is 1. The zero-order valence-electron chi connectivity index (χ0n) is 41.5. The number of rotatable bonds is 27. The van der Waals surface area contributed by atoms with E-state index in [4.69, 9.17) is 5.11 Å². The summed E-state index contributed by atoms with van der Waals surface area (Å²) in [6.07, 6.45) is 1.42. The fourth-order valence-corrected chi connectivity index (χ4v) is 8.24. The second-order valence-electron chi connectivity index (χ2n) is 19.1. The third-order valence-electron chi connectivity index (χ3n) is 12.0. The summed E-state index contributed by atoms with van der Waals surface area (Å²) in [6, 6.07) is 8.34. The third-order valence-corrected chi connectivity index (χ3v) is 12.0. The van der Waals surface area contributed by atoms with Crippen LogP contribution in [0, 0.1) is 28.9 Å². The van der Waals surface area contributed by atoms with Crippen molar-refractivity contribution in [2.45, 2.75) is 104 Å². The van der Waals surface area contributed by atoms with Gasteiger partial charge in [0, 0.05) is 80.0 Å². The Labute approximate surface area is 420 Å². The summed E-state index contributed by atoms with van der Waals surface area (Å²) < 4.78 is 31.7. The second kappa shape index (κ2) is 26.2. The van der Waals surface area contributed by atoms with E-state index in [0.717, 1.165) is 40.8 Å². The molecule has 0 radical (unpaired) electrons. The van der Waals surface area contributed by atoms with E-state index in [1.807, 2.05) is 30.3 Å². The number of benzene rings is 2. The van der Waals surface area contributed by atoms with Crippen molar-refractivity contribution in [2.75, 3.05) is 26.2 Å². The number of aliphatic carboxylic acids is 2. The molecular formula is C51H63F2N7O13. The van der Waals surface area contributed by atoms with Crippen LogP contribution in [0.4, 0.5) is 8.78 Å². The molecule has 4 rings (SSSR count). The quantitative estimate of drug-likeness (QED) is 0.0542. The molecule has 0 saturated heterocycles. The molecule has 1 aliphatic rings. The monoisotopic (exact) mass is 1020 g/mol. The first-order valence-corrected chi connectivity index (χ1v) is 23.6. The van der Waals surface area contributed by atoms with Gasteiger partial charge >= 0.3 is 11.9 Å². The Morgan fingerprint density at radius 2 is 1.44 bits per heavy atom. The highest BCUT2D eigenvalue weighted by Crippen LogP contribution is 2.41. The standard InChI is InChI=1S/C51H63F2N7O13/c1-29(2)35(24-34(62)27-60-42(64)15-16-43(60)65)48(70)55-30(3)47(69)57-38(49(71)54-20-18-41(63)56-39(50(72)73)14-17-45(67)68)19-21-59(44(66)28-61)46(51(4,5)6)40-22-32(36-23-33(52)12-13-37(36)53)26-58(40)25-31-10-8-7-9-11-31/h7-13,15-16,22-23,26,29-30,35,38-39,46,61H,14,17-21,24-25,27-28H2,1-6H3,(H,54,71)(H,55,70)(H,56,63)(H,57,69)(H,67,68)(H,72,73)/t30-,35-,38-,39+,46-/m0/s1. The largest absolute Gasteiger partial charge is 0.481 e. The van der Waals surface area contributed by atoms with Gasteiger partial charge < -0.3 is 46.1 Å². The minimum Gasteiger partial charge on any atom is -0.481 e. The van der Waals surface area contributed by atoms with Crippen LogP contribution in [0.2, 0.25) is 0 Å². The highest BCUT2D eigenvalue weighted by molar-refractivity contribution is 6.14. The van der Waals surface area contributed by atoms with Gasteiger partial charge in [-0.2, -0.15) is 0 Å². The molecule has 1 aliphatic heterocycles. The molecule has 20 nitrogen and oxygen atoms in total. The Morgan fingerprint density at radius 3 is 2.03 bits per heavy atom. The van der Waals surface area contributed by atoms with E-state index in [1.165, 1.54) is 11.8 Å². The Balaban J connectivity index is 1.66. The smallest absolute Gasteiger partial charge is 0.326 e. The number of imide groups is 1. The maximum atomic E-state index is 15.3. The van der Waals surface area contributed by atoms with E-state index < -0.39 is 158 Å². The van der Waals surface area contributed by atoms with Crippen LogP contribution < -0.4 is 21.3 Å². The summed E-state index contributed by atoms with van der Waals surface area (Å²) >= 11 is 0. The van der Waals surface area contributed by atoms with Crippen molar-refractivity contribution in [1.82, 2.24) is 35.6 Å². The molecule has 7 N–H and O–H groups in total. The van der Waals surface area contributed by atoms with Crippen LogP contribution >= 0.6 is 0 Å². The van der Waals surface area contributed by atoms with Crippen molar-refractivity contribution in [3.8, 4) is 11.1 Å². The van der Waals surface area contributed by atoms with Gasteiger partial charge in [0.25, 0.3) is 11.8 Å². The van der Waals surface area contributed by atoms with Gasteiger partial charge in [0.15, 0.2) is 5.78 Å². The van der Waals surface area contributed by atoms with Gasteiger partial charge in [0.05, 0.1) is 12.6 Å².